The third-order valence-electron chi connectivity index (χ3n) is 5.35. The minimum absolute atomic E-state index is 0.0950. The van der Waals surface area contributed by atoms with Crippen LogP contribution in [0, 0.1) is 13.8 Å². The normalized spacial score (nSPS) is 15.0. The highest BCUT2D eigenvalue weighted by Crippen LogP contribution is 2.47. The Balaban J connectivity index is 1.53. The van der Waals surface area contributed by atoms with Gasteiger partial charge in [0.2, 0.25) is 5.91 Å². The lowest BCUT2D eigenvalue weighted by Gasteiger charge is -2.16. The van der Waals surface area contributed by atoms with E-state index in [1.807, 2.05) is 13.0 Å². The van der Waals surface area contributed by atoms with Crippen molar-refractivity contribution in [3.05, 3.63) is 47.3 Å². The van der Waals surface area contributed by atoms with Crippen molar-refractivity contribution >= 4 is 17.7 Å². The van der Waals surface area contributed by atoms with Gasteiger partial charge in [-0.1, -0.05) is 55.4 Å². The molecule has 1 fully saturated rings. The molecular formula is C21H29N3OS. The van der Waals surface area contributed by atoms with Gasteiger partial charge in [-0.2, -0.15) is 0 Å². The molecular weight excluding hydrogens is 342 g/mol. The highest BCUT2D eigenvalue weighted by atomic mass is 32.2. The zero-order valence-electron chi connectivity index (χ0n) is 16.0. The molecule has 5 heteroatoms. The number of amides is 1. The molecule has 0 unspecified atom stereocenters. The second kappa shape index (κ2) is 8.30. The van der Waals surface area contributed by atoms with Gasteiger partial charge in [-0.3, -0.25) is 4.79 Å². The summed E-state index contributed by atoms with van der Waals surface area (Å²) >= 11 is 1.55. The number of rotatable bonds is 9. The predicted octanol–water partition coefficient (Wildman–Crippen LogP) is 4.24. The van der Waals surface area contributed by atoms with Crippen molar-refractivity contribution in [2.75, 3.05) is 12.3 Å². The summed E-state index contributed by atoms with van der Waals surface area (Å²) in [5.74, 6) is 0.518. The van der Waals surface area contributed by atoms with Gasteiger partial charge in [0, 0.05) is 24.2 Å². The Labute approximate surface area is 160 Å². The van der Waals surface area contributed by atoms with Gasteiger partial charge < -0.3 is 9.88 Å². The van der Waals surface area contributed by atoms with Crippen LogP contribution in [-0.2, 0) is 16.8 Å². The molecule has 1 heterocycles. The Kier molecular flexibility index (Phi) is 6.07. The number of carbonyl (C=O) groups is 1. The molecule has 0 bridgehead atoms. The number of aromatic nitrogens is 2. The van der Waals surface area contributed by atoms with Crippen LogP contribution >= 0.6 is 11.8 Å². The van der Waals surface area contributed by atoms with Gasteiger partial charge in [0.25, 0.3) is 0 Å². The van der Waals surface area contributed by atoms with E-state index < -0.39 is 0 Å². The van der Waals surface area contributed by atoms with Crippen LogP contribution in [0.3, 0.4) is 0 Å². The fourth-order valence-corrected chi connectivity index (χ4v) is 4.22. The first-order valence-corrected chi connectivity index (χ1v) is 10.5. The van der Waals surface area contributed by atoms with Crippen molar-refractivity contribution < 1.29 is 4.79 Å². The lowest BCUT2D eigenvalue weighted by Crippen LogP contribution is -2.33. The van der Waals surface area contributed by atoms with E-state index in [0.29, 0.717) is 5.75 Å². The molecule has 1 aromatic carbocycles. The van der Waals surface area contributed by atoms with E-state index >= 15 is 0 Å². The van der Waals surface area contributed by atoms with Crippen LogP contribution < -0.4 is 5.32 Å². The second-order valence-electron chi connectivity index (χ2n) is 7.28. The highest BCUT2D eigenvalue weighted by molar-refractivity contribution is 7.99. The number of hydrogen-bond donors (Lipinski definition) is 1. The molecule has 1 N–H and O–H groups in total. The van der Waals surface area contributed by atoms with Crippen molar-refractivity contribution in [3.8, 4) is 0 Å². The zero-order chi connectivity index (χ0) is 18.6. The van der Waals surface area contributed by atoms with Crippen LogP contribution in [0.15, 0.2) is 35.5 Å². The van der Waals surface area contributed by atoms with E-state index in [0.717, 1.165) is 49.6 Å². The number of aryl methyl sites for hydroxylation is 1. The third kappa shape index (κ3) is 4.32. The second-order valence-corrected chi connectivity index (χ2v) is 8.22. The van der Waals surface area contributed by atoms with Gasteiger partial charge in [-0.05, 0) is 38.7 Å². The Morgan fingerprint density at radius 2 is 2.00 bits per heavy atom. The Morgan fingerprint density at radius 3 is 2.65 bits per heavy atom. The Morgan fingerprint density at radius 1 is 1.27 bits per heavy atom. The molecule has 0 aliphatic heterocycles. The maximum absolute atomic E-state index is 12.4. The molecule has 1 aromatic heterocycles. The Bertz CT molecular complexity index is 750. The van der Waals surface area contributed by atoms with E-state index in [4.69, 9.17) is 0 Å². The lowest BCUT2D eigenvalue weighted by atomic mass is 9.96. The molecule has 3 rings (SSSR count). The zero-order valence-corrected chi connectivity index (χ0v) is 16.9. The maximum atomic E-state index is 12.4. The van der Waals surface area contributed by atoms with Gasteiger partial charge in [0.15, 0.2) is 5.16 Å². The van der Waals surface area contributed by atoms with Gasteiger partial charge in [0.1, 0.15) is 0 Å². The number of unbranched alkanes of at least 4 members (excludes halogenated alkanes) is 1. The standard InChI is InChI=1S/C21H29N3OS/c1-4-5-13-24-17(3)16(2)23-20(24)26-14-19(25)22-15-21(11-12-21)18-9-7-6-8-10-18/h6-10H,4-5,11-15H2,1-3H3,(H,22,25). The molecule has 140 valence electrons. The molecule has 1 amide bonds. The van der Waals surface area contributed by atoms with Crippen molar-refractivity contribution in [1.82, 2.24) is 14.9 Å². The predicted molar refractivity (Wildman–Crippen MR) is 108 cm³/mol. The van der Waals surface area contributed by atoms with E-state index in [2.05, 4.69) is 53.0 Å². The number of hydrogen-bond acceptors (Lipinski definition) is 3. The minimum atomic E-state index is 0.0950. The average Bonchev–Trinajstić information content (AvgIpc) is 3.40. The molecule has 0 saturated heterocycles. The monoisotopic (exact) mass is 371 g/mol. The number of imidazole rings is 1. The summed E-state index contributed by atoms with van der Waals surface area (Å²) in [6, 6.07) is 10.5. The largest absolute Gasteiger partial charge is 0.354 e. The van der Waals surface area contributed by atoms with Crippen LogP contribution in [0.2, 0.25) is 0 Å². The number of nitrogens with one attached hydrogen (secondary N) is 1. The molecule has 1 aliphatic carbocycles. The van der Waals surface area contributed by atoms with Gasteiger partial charge >= 0.3 is 0 Å². The highest BCUT2D eigenvalue weighted by Gasteiger charge is 2.44. The molecule has 0 radical (unpaired) electrons. The molecule has 26 heavy (non-hydrogen) atoms. The third-order valence-corrected chi connectivity index (χ3v) is 6.33. The number of benzene rings is 1. The topological polar surface area (TPSA) is 46.9 Å². The number of thioether (sulfide) groups is 1. The van der Waals surface area contributed by atoms with Gasteiger partial charge in [-0.15, -0.1) is 0 Å². The van der Waals surface area contributed by atoms with Crippen molar-refractivity contribution in [2.24, 2.45) is 0 Å². The summed E-state index contributed by atoms with van der Waals surface area (Å²) in [5.41, 5.74) is 3.77. The summed E-state index contributed by atoms with van der Waals surface area (Å²) < 4.78 is 2.25. The molecule has 4 nitrogen and oxygen atoms in total. The molecule has 1 aliphatic rings. The van der Waals surface area contributed by atoms with Gasteiger partial charge in [0.05, 0.1) is 11.4 Å². The lowest BCUT2D eigenvalue weighted by molar-refractivity contribution is -0.118. The summed E-state index contributed by atoms with van der Waals surface area (Å²) in [4.78, 5) is 17.0. The fraction of sp³-hybridized carbons (Fsp3) is 0.524. The van der Waals surface area contributed by atoms with Crippen molar-refractivity contribution in [1.29, 1.82) is 0 Å². The first-order chi connectivity index (χ1) is 12.6. The van der Waals surface area contributed by atoms with E-state index in [-0.39, 0.29) is 11.3 Å². The van der Waals surface area contributed by atoms with Gasteiger partial charge in [-0.25, -0.2) is 4.98 Å². The summed E-state index contributed by atoms with van der Waals surface area (Å²) in [6.45, 7) is 8.06. The summed E-state index contributed by atoms with van der Waals surface area (Å²) in [5, 5.41) is 4.11. The van der Waals surface area contributed by atoms with Crippen LogP contribution in [0.1, 0.15) is 49.6 Å². The van der Waals surface area contributed by atoms with E-state index in [1.54, 1.807) is 11.8 Å². The van der Waals surface area contributed by atoms with Crippen LogP contribution in [0.4, 0.5) is 0 Å². The van der Waals surface area contributed by atoms with Crippen LogP contribution in [0.5, 0.6) is 0 Å². The molecule has 1 saturated carbocycles. The van der Waals surface area contributed by atoms with Crippen LogP contribution in [-0.4, -0.2) is 27.8 Å². The maximum Gasteiger partial charge on any atom is 0.230 e. The van der Waals surface area contributed by atoms with Crippen molar-refractivity contribution in [2.45, 2.75) is 63.6 Å². The van der Waals surface area contributed by atoms with E-state index in [9.17, 15) is 4.79 Å². The first-order valence-electron chi connectivity index (χ1n) is 9.54. The average molecular weight is 372 g/mol. The van der Waals surface area contributed by atoms with Crippen LogP contribution in [0.25, 0.3) is 0 Å². The number of nitrogens with zero attached hydrogens (tertiary/aromatic N) is 2. The Hall–Kier alpha value is -1.75. The number of carbonyl (C=O) groups excluding carboxylic acids is 1. The molecule has 2 aromatic rings. The smallest absolute Gasteiger partial charge is 0.230 e. The molecule has 0 spiro atoms. The first kappa shape index (κ1) is 19.0. The summed E-state index contributed by atoms with van der Waals surface area (Å²) in [7, 11) is 0. The SMILES string of the molecule is CCCCn1c(SCC(=O)NCC2(c3ccccc3)CC2)nc(C)c1C. The van der Waals surface area contributed by atoms with Crippen molar-refractivity contribution in [3.63, 3.8) is 0 Å². The molecule has 0 atom stereocenters. The minimum Gasteiger partial charge on any atom is -0.354 e. The fourth-order valence-electron chi connectivity index (χ4n) is 3.27. The summed E-state index contributed by atoms with van der Waals surface area (Å²) in [6.07, 6.45) is 4.60. The van der Waals surface area contributed by atoms with E-state index in [1.165, 1.54) is 11.3 Å². The quantitative estimate of drug-likeness (QED) is 0.671.